The maximum atomic E-state index is 13.6. The summed E-state index contributed by atoms with van der Waals surface area (Å²) in [6, 6.07) is 4.47. The topological polar surface area (TPSA) is 167 Å². The van der Waals surface area contributed by atoms with Gasteiger partial charge in [0, 0.05) is 32.6 Å². The maximum Gasteiger partial charge on any atom is 0.294 e. The van der Waals surface area contributed by atoms with E-state index in [4.69, 9.17) is 9.72 Å². The molecule has 1 aliphatic heterocycles. The van der Waals surface area contributed by atoms with Crippen molar-refractivity contribution < 1.29 is 27.9 Å². The zero-order valence-corrected chi connectivity index (χ0v) is 24.5. The summed E-state index contributed by atoms with van der Waals surface area (Å²) in [5, 5.41) is 9.57. The smallest absolute Gasteiger partial charge is 0.294 e. The fraction of sp³-hybridized carbons (Fsp3) is 0.519. The van der Waals surface area contributed by atoms with Gasteiger partial charge in [-0.3, -0.25) is 9.59 Å². The third-order valence-corrected chi connectivity index (χ3v) is 9.31. The number of hydrogen-bond acceptors (Lipinski definition) is 9. The zero-order valence-electron chi connectivity index (χ0n) is 23.6. The minimum absolute atomic E-state index is 0.0164. The van der Waals surface area contributed by atoms with E-state index in [0.29, 0.717) is 60.4 Å². The van der Waals surface area contributed by atoms with Crippen molar-refractivity contribution in [3.63, 3.8) is 0 Å². The van der Waals surface area contributed by atoms with Crippen molar-refractivity contribution in [2.75, 3.05) is 26.3 Å². The molecule has 0 spiro atoms. The summed E-state index contributed by atoms with van der Waals surface area (Å²) in [5.41, 5.74) is 1.64. The van der Waals surface area contributed by atoms with Gasteiger partial charge in [-0.2, -0.15) is 4.31 Å². The van der Waals surface area contributed by atoms with Gasteiger partial charge < -0.3 is 19.1 Å². The van der Waals surface area contributed by atoms with Crippen molar-refractivity contribution in [3.05, 3.63) is 49.9 Å². The Morgan fingerprint density at radius 1 is 1.24 bits per heavy atom. The number of ketones is 1. The van der Waals surface area contributed by atoms with Crippen LogP contribution in [0, 0.1) is 16.0 Å². The molecule has 0 radical (unpaired) electrons. The van der Waals surface area contributed by atoms with Gasteiger partial charge in [0.25, 0.3) is 10.6 Å². The third kappa shape index (κ3) is 6.12. The van der Waals surface area contributed by atoms with Crippen molar-refractivity contribution in [3.8, 4) is 17.1 Å². The molecule has 1 fully saturated rings. The van der Waals surface area contributed by atoms with Crippen molar-refractivity contribution in [2.45, 2.75) is 57.8 Å². The fourth-order valence-electron chi connectivity index (χ4n) is 5.50. The number of nitrogens with one attached hydrogen (secondary N) is 1. The molecule has 4 rings (SSSR count). The Hall–Kier alpha value is -3.78. The summed E-state index contributed by atoms with van der Waals surface area (Å²) < 4.78 is 36.0. The first-order chi connectivity index (χ1) is 19.5. The molecule has 1 N–H and O–H groups in total. The number of aryl methyl sites for hydroxylation is 2. The van der Waals surface area contributed by atoms with Crippen molar-refractivity contribution >= 4 is 26.8 Å². The molecule has 1 aromatic carbocycles. The molecular weight excluding hydrogens is 554 g/mol. The summed E-state index contributed by atoms with van der Waals surface area (Å²) in [4.78, 5) is 48.1. The van der Waals surface area contributed by atoms with E-state index in [9.17, 15) is 28.1 Å². The zero-order chi connectivity index (χ0) is 29.9. The third-order valence-electron chi connectivity index (χ3n) is 7.41. The van der Waals surface area contributed by atoms with E-state index in [1.165, 1.54) is 23.4 Å². The second kappa shape index (κ2) is 12.4. The van der Waals surface area contributed by atoms with Gasteiger partial charge in [-0.25, -0.2) is 13.4 Å². The summed E-state index contributed by atoms with van der Waals surface area (Å²) in [5.74, 6) is 0.456. The highest BCUT2D eigenvalue weighted by molar-refractivity contribution is 7.89. The molecule has 3 aromatic rings. The lowest BCUT2D eigenvalue weighted by molar-refractivity contribution is -0.758. The van der Waals surface area contributed by atoms with Crippen LogP contribution < -0.4 is 10.3 Å². The van der Waals surface area contributed by atoms with Crippen LogP contribution >= 0.6 is 0 Å². The molecule has 3 heterocycles. The summed E-state index contributed by atoms with van der Waals surface area (Å²) in [6.45, 7) is 6.05. The molecule has 13 nitrogen and oxygen atoms in total. The van der Waals surface area contributed by atoms with Gasteiger partial charge >= 0.3 is 0 Å². The molecular formula is C27H35N5O8S. The predicted octanol–water partition coefficient (Wildman–Crippen LogP) is 3.48. The van der Waals surface area contributed by atoms with Gasteiger partial charge in [0.2, 0.25) is 10.0 Å². The number of aromatic nitrogens is 3. The number of nitrogens with zero attached hydrogens (tertiary/aromatic N) is 4. The number of fused-ring (bicyclic) bond motifs is 1. The molecule has 222 valence electrons. The van der Waals surface area contributed by atoms with Gasteiger partial charge in [0.1, 0.15) is 22.6 Å². The van der Waals surface area contributed by atoms with Crippen LogP contribution in [0.2, 0.25) is 0 Å². The molecule has 0 bridgehead atoms. The minimum atomic E-state index is -3.90. The fourth-order valence-corrected chi connectivity index (χ4v) is 6.99. The van der Waals surface area contributed by atoms with E-state index in [0.717, 1.165) is 6.42 Å². The van der Waals surface area contributed by atoms with E-state index in [-0.39, 0.29) is 47.6 Å². The molecule has 0 aliphatic carbocycles. The molecule has 1 saturated heterocycles. The number of carbonyl (C=O) groups excluding carboxylic acids is 1. The van der Waals surface area contributed by atoms with Gasteiger partial charge in [-0.15, -0.1) is 10.1 Å². The Labute approximate surface area is 237 Å². The lowest BCUT2D eigenvalue weighted by atomic mass is 9.95. The molecule has 0 saturated carbocycles. The van der Waals surface area contributed by atoms with Gasteiger partial charge in [-0.1, -0.05) is 13.3 Å². The standard InChI is InChI=1S/C27H35N5O8S/c1-5-7-20-23-25(30(4)24(20)17(3)33)27(34)29-26(28-23)21-16-19(8-9-22(21)39-6-2)41(37,38)31-13-10-18(11-14-31)12-15-40-32(35)36/h8-9,16,18H,5-7,10-15H2,1-4H3,(H,28,29,34). The number of hydrogen-bond donors (Lipinski definition) is 1. The number of H-pyrrole nitrogens is 1. The summed E-state index contributed by atoms with van der Waals surface area (Å²) in [7, 11) is -2.24. The van der Waals surface area contributed by atoms with Crippen LogP contribution in [0.1, 0.15) is 62.5 Å². The highest BCUT2D eigenvalue weighted by Gasteiger charge is 2.31. The average Bonchev–Trinajstić information content (AvgIpc) is 3.21. The quantitative estimate of drug-likeness (QED) is 0.189. The molecule has 14 heteroatoms. The Morgan fingerprint density at radius 3 is 2.56 bits per heavy atom. The number of sulfonamides is 1. The molecule has 0 unspecified atom stereocenters. The largest absolute Gasteiger partial charge is 0.493 e. The first-order valence-corrected chi connectivity index (χ1v) is 15.1. The van der Waals surface area contributed by atoms with Crippen molar-refractivity contribution in [2.24, 2.45) is 13.0 Å². The lowest BCUT2D eigenvalue weighted by Gasteiger charge is -2.31. The number of ether oxygens (including phenoxy) is 1. The van der Waals surface area contributed by atoms with Crippen LogP contribution in [0.4, 0.5) is 0 Å². The van der Waals surface area contributed by atoms with E-state index in [1.54, 1.807) is 24.6 Å². The highest BCUT2D eigenvalue weighted by atomic mass is 32.2. The average molecular weight is 590 g/mol. The maximum absolute atomic E-state index is 13.6. The lowest BCUT2D eigenvalue weighted by Crippen LogP contribution is -2.38. The Balaban J connectivity index is 1.72. The van der Waals surface area contributed by atoms with Crippen LogP contribution in [0.3, 0.4) is 0 Å². The van der Waals surface area contributed by atoms with E-state index < -0.39 is 20.7 Å². The number of piperidine rings is 1. The minimum Gasteiger partial charge on any atom is -0.493 e. The normalized spacial score (nSPS) is 14.8. The Bertz CT molecular complexity index is 1620. The number of aromatic amines is 1. The Kier molecular flexibility index (Phi) is 9.12. The van der Waals surface area contributed by atoms with Crippen LogP contribution in [-0.4, -0.2) is 64.4 Å². The van der Waals surface area contributed by atoms with Gasteiger partial charge in [0.15, 0.2) is 5.78 Å². The van der Waals surface area contributed by atoms with E-state index >= 15 is 0 Å². The number of rotatable bonds is 12. The van der Waals surface area contributed by atoms with Crippen LogP contribution in [0.15, 0.2) is 27.9 Å². The predicted molar refractivity (Wildman–Crippen MR) is 151 cm³/mol. The highest BCUT2D eigenvalue weighted by Crippen LogP contribution is 2.34. The first-order valence-electron chi connectivity index (χ1n) is 13.7. The van der Waals surface area contributed by atoms with Crippen LogP contribution in [0.5, 0.6) is 5.75 Å². The molecule has 1 aliphatic rings. The number of carbonyl (C=O) groups is 1. The van der Waals surface area contributed by atoms with E-state index in [2.05, 4.69) is 9.82 Å². The number of Topliss-reactive ketones (excluding diaryl/α,β-unsaturated/α-hetero) is 1. The monoisotopic (exact) mass is 589 g/mol. The second-order valence-corrected chi connectivity index (χ2v) is 12.0. The van der Waals surface area contributed by atoms with Crippen LogP contribution in [0.25, 0.3) is 22.4 Å². The summed E-state index contributed by atoms with van der Waals surface area (Å²) >= 11 is 0. The Morgan fingerprint density at radius 2 is 1.95 bits per heavy atom. The van der Waals surface area contributed by atoms with Crippen molar-refractivity contribution in [1.29, 1.82) is 0 Å². The second-order valence-electron chi connectivity index (χ2n) is 10.1. The molecule has 2 aromatic heterocycles. The van der Waals surface area contributed by atoms with E-state index in [1.807, 2.05) is 6.92 Å². The van der Waals surface area contributed by atoms with Gasteiger partial charge in [-0.05, 0) is 56.7 Å². The van der Waals surface area contributed by atoms with Gasteiger partial charge in [0.05, 0.1) is 29.4 Å². The first kappa shape index (κ1) is 30.2. The summed E-state index contributed by atoms with van der Waals surface area (Å²) in [6.07, 6.45) is 2.88. The molecule has 41 heavy (non-hydrogen) atoms. The van der Waals surface area contributed by atoms with Crippen LogP contribution in [-0.2, 0) is 28.3 Å². The van der Waals surface area contributed by atoms with Crippen molar-refractivity contribution in [1.82, 2.24) is 18.8 Å². The number of benzene rings is 1. The SMILES string of the molecule is CCCc1c(C(C)=O)n(C)c2c(=O)[nH]c(-c3cc(S(=O)(=O)N4CCC(CCO[N+](=O)[O-])CC4)ccc3OCC)nc12. The molecule has 0 atom stereocenters. The molecule has 0 amide bonds.